The maximum atomic E-state index is 5.18. The summed E-state index contributed by atoms with van der Waals surface area (Å²) in [6.07, 6.45) is 1.33. The van der Waals surface area contributed by atoms with Crippen molar-refractivity contribution < 1.29 is 4.74 Å². The molecule has 1 saturated carbocycles. The Hall–Kier alpha value is -1.02. The van der Waals surface area contributed by atoms with Crippen molar-refractivity contribution in [3.63, 3.8) is 0 Å². The molecule has 2 rings (SSSR count). The van der Waals surface area contributed by atoms with Gasteiger partial charge in [0.2, 0.25) is 0 Å². The summed E-state index contributed by atoms with van der Waals surface area (Å²) in [5.41, 5.74) is 1.46. The Kier molecular flexibility index (Phi) is 4.06. The summed E-state index contributed by atoms with van der Waals surface area (Å²) >= 11 is 0. The molecule has 1 aliphatic carbocycles. The third-order valence-electron chi connectivity index (χ3n) is 3.43. The summed E-state index contributed by atoms with van der Waals surface area (Å²) in [6.45, 7) is 6.79. The zero-order valence-electron chi connectivity index (χ0n) is 11.1. The summed E-state index contributed by atoms with van der Waals surface area (Å²) < 4.78 is 5.18. The van der Waals surface area contributed by atoms with E-state index in [1.165, 1.54) is 12.0 Å². The van der Waals surface area contributed by atoms with Gasteiger partial charge in [-0.3, -0.25) is 0 Å². The second kappa shape index (κ2) is 5.54. The minimum Gasteiger partial charge on any atom is -0.497 e. The van der Waals surface area contributed by atoms with Crippen LogP contribution < -0.4 is 10.1 Å². The number of hydrogen-bond donors (Lipinski definition) is 1. The molecule has 17 heavy (non-hydrogen) atoms. The molecular weight excluding hydrogens is 210 g/mol. The highest BCUT2D eigenvalue weighted by atomic mass is 16.5. The van der Waals surface area contributed by atoms with Crippen molar-refractivity contribution in [1.82, 2.24) is 5.32 Å². The standard InChI is InChI=1S/C15H23NO/c1-11(2)9-16-10-13-8-15(13)12-4-6-14(17-3)7-5-12/h4-7,11,13,15-16H,8-10H2,1-3H3. The Morgan fingerprint density at radius 3 is 2.59 bits per heavy atom. The molecule has 2 heteroatoms. The van der Waals surface area contributed by atoms with Crippen molar-refractivity contribution in [1.29, 1.82) is 0 Å². The van der Waals surface area contributed by atoms with Crippen molar-refractivity contribution in [3.8, 4) is 5.75 Å². The van der Waals surface area contributed by atoms with E-state index in [1.54, 1.807) is 7.11 Å². The first-order valence-corrected chi connectivity index (χ1v) is 6.55. The highest BCUT2D eigenvalue weighted by molar-refractivity contribution is 5.32. The topological polar surface area (TPSA) is 21.3 Å². The molecule has 2 unspecified atom stereocenters. The molecule has 2 atom stereocenters. The summed E-state index contributed by atoms with van der Waals surface area (Å²) in [7, 11) is 1.71. The van der Waals surface area contributed by atoms with E-state index in [9.17, 15) is 0 Å². The van der Waals surface area contributed by atoms with Crippen LogP contribution in [0.15, 0.2) is 24.3 Å². The zero-order chi connectivity index (χ0) is 12.3. The van der Waals surface area contributed by atoms with Crippen LogP contribution in [0.3, 0.4) is 0 Å². The number of hydrogen-bond acceptors (Lipinski definition) is 2. The van der Waals surface area contributed by atoms with Crippen LogP contribution in [0.25, 0.3) is 0 Å². The Balaban J connectivity index is 1.77. The van der Waals surface area contributed by atoms with Crippen molar-refractivity contribution in [2.75, 3.05) is 20.2 Å². The molecule has 1 fully saturated rings. The first-order chi connectivity index (χ1) is 8.20. The van der Waals surface area contributed by atoms with Crippen molar-refractivity contribution in [2.45, 2.75) is 26.2 Å². The Bertz CT molecular complexity index is 344. The number of rotatable bonds is 6. The van der Waals surface area contributed by atoms with E-state index in [0.717, 1.165) is 36.6 Å². The highest BCUT2D eigenvalue weighted by Gasteiger charge is 2.37. The summed E-state index contributed by atoms with van der Waals surface area (Å²) in [4.78, 5) is 0. The van der Waals surface area contributed by atoms with Crippen molar-refractivity contribution in [3.05, 3.63) is 29.8 Å². The van der Waals surface area contributed by atoms with Gasteiger partial charge < -0.3 is 10.1 Å². The third kappa shape index (κ3) is 3.47. The number of benzene rings is 1. The van der Waals surface area contributed by atoms with Gasteiger partial charge in [0.1, 0.15) is 5.75 Å². The molecule has 1 N–H and O–H groups in total. The van der Waals surface area contributed by atoms with E-state index in [2.05, 4.69) is 43.4 Å². The molecule has 2 nitrogen and oxygen atoms in total. The van der Waals surface area contributed by atoms with Gasteiger partial charge in [0.15, 0.2) is 0 Å². The molecule has 0 radical (unpaired) electrons. The Morgan fingerprint density at radius 2 is 2.00 bits per heavy atom. The molecule has 1 aliphatic rings. The number of nitrogens with one attached hydrogen (secondary N) is 1. The van der Waals surface area contributed by atoms with E-state index < -0.39 is 0 Å². The molecule has 94 valence electrons. The first kappa shape index (κ1) is 12.4. The fourth-order valence-corrected chi connectivity index (χ4v) is 2.29. The quantitative estimate of drug-likeness (QED) is 0.815. The molecule has 0 bridgehead atoms. The van der Waals surface area contributed by atoms with Gasteiger partial charge in [-0.1, -0.05) is 26.0 Å². The monoisotopic (exact) mass is 233 g/mol. The van der Waals surface area contributed by atoms with Gasteiger partial charge in [-0.05, 0) is 55.0 Å². The predicted molar refractivity (Wildman–Crippen MR) is 71.5 cm³/mol. The van der Waals surface area contributed by atoms with Gasteiger partial charge >= 0.3 is 0 Å². The normalized spacial score (nSPS) is 22.8. The first-order valence-electron chi connectivity index (χ1n) is 6.55. The SMILES string of the molecule is COc1ccc(C2CC2CNCC(C)C)cc1. The van der Waals surface area contributed by atoms with Crippen LogP contribution in [-0.2, 0) is 0 Å². The lowest BCUT2D eigenvalue weighted by atomic mass is 10.1. The lowest BCUT2D eigenvalue weighted by molar-refractivity contribution is 0.414. The van der Waals surface area contributed by atoms with Crippen molar-refractivity contribution >= 4 is 0 Å². The Morgan fingerprint density at radius 1 is 1.29 bits per heavy atom. The summed E-state index contributed by atoms with van der Waals surface area (Å²) in [5, 5.41) is 3.54. The van der Waals surface area contributed by atoms with Crippen LogP contribution >= 0.6 is 0 Å². The fourth-order valence-electron chi connectivity index (χ4n) is 2.29. The maximum absolute atomic E-state index is 5.18. The van der Waals surface area contributed by atoms with Crippen LogP contribution in [0, 0.1) is 11.8 Å². The minimum absolute atomic E-state index is 0.744. The lowest BCUT2D eigenvalue weighted by Gasteiger charge is -2.07. The largest absolute Gasteiger partial charge is 0.497 e. The van der Waals surface area contributed by atoms with Gasteiger partial charge in [-0.15, -0.1) is 0 Å². The van der Waals surface area contributed by atoms with Gasteiger partial charge in [0.05, 0.1) is 7.11 Å². The summed E-state index contributed by atoms with van der Waals surface area (Å²) in [5.74, 6) is 3.29. The van der Waals surface area contributed by atoms with E-state index in [1.807, 2.05) is 0 Å². The minimum atomic E-state index is 0.744. The van der Waals surface area contributed by atoms with Crippen LogP contribution in [0.2, 0.25) is 0 Å². The second-order valence-electron chi connectivity index (χ2n) is 5.43. The summed E-state index contributed by atoms with van der Waals surface area (Å²) in [6, 6.07) is 8.52. The molecule has 1 aromatic carbocycles. The average Bonchev–Trinajstić information content (AvgIpc) is 3.08. The third-order valence-corrected chi connectivity index (χ3v) is 3.43. The van der Waals surface area contributed by atoms with E-state index in [0.29, 0.717) is 0 Å². The lowest BCUT2D eigenvalue weighted by Crippen LogP contribution is -2.22. The molecule has 0 aromatic heterocycles. The highest BCUT2D eigenvalue weighted by Crippen LogP contribution is 2.47. The van der Waals surface area contributed by atoms with Gasteiger partial charge in [0.25, 0.3) is 0 Å². The smallest absolute Gasteiger partial charge is 0.118 e. The van der Waals surface area contributed by atoms with Gasteiger partial charge in [-0.25, -0.2) is 0 Å². The fraction of sp³-hybridized carbons (Fsp3) is 0.600. The molecule has 0 amide bonds. The molecule has 0 heterocycles. The molecule has 1 aromatic rings. The van der Waals surface area contributed by atoms with Gasteiger partial charge in [-0.2, -0.15) is 0 Å². The predicted octanol–water partition coefficient (Wildman–Crippen LogP) is 3.04. The molecule has 0 aliphatic heterocycles. The zero-order valence-corrected chi connectivity index (χ0v) is 11.1. The Labute approximate surface area is 104 Å². The number of methoxy groups -OCH3 is 1. The van der Waals surface area contributed by atoms with Crippen LogP contribution in [0.5, 0.6) is 5.75 Å². The average molecular weight is 233 g/mol. The second-order valence-corrected chi connectivity index (χ2v) is 5.43. The van der Waals surface area contributed by atoms with E-state index in [-0.39, 0.29) is 0 Å². The number of ether oxygens (including phenoxy) is 1. The molecular formula is C15H23NO. The van der Waals surface area contributed by atoms with E-state index >= 15 is 0 Å². The van der Waals surface area contributed by atoms with Crippen LogP contribution in [0.4, 0.5) is 0 Å². The van der Waals surface area contributed by atoms with Crippen LogP contribution in [0.1, 0.15) is 31.7 Å². The van der Waals surface area contributed by atoms with Gasteiger partial charge in [0, 0.05) is 0 Å². The van der Waals surface area contributed by atoms with E-state index in [4.69, 9.17) is 4.74 Å². The van der Waals surface area contributed by atoms with Crippen LogP contribution in [-0.4, -0.2) is 20.2 Å². The molecule has 0 spiro atoms. The molecule has 0 saturated heterocycles. The van der Waals surface area contributed by atoms with Crippen molar-refractivity contribution in [2.24, 2.45) is 11.8 Å². The maximum Gasteiger partial charge on any atom is 0.118 e.